The number of nitrogens with zero attached hydrogens (tertiary/aromatic N) is 1. The van der Waals surface area contributed by atoms with E-state index in [4.69, 9.17) is 24.3 Å². The number of carbonyl (C=O) groups is 1. The van der Waals surface area contributed by atoms with Crippen LogP contribution >= 0.6 is 0 Å². The van der Waals surface area contributed by atoms with E-state index in [0.29, 0.717) is 52.9 Å². The molecular weight excluding hydrogens is 563 g/mol. The number of methoxy groups -OCH3 is 1. The lowest BCUT2D eigenvalue weighted by Crippen LogP contribution is -2.33. The van der Waals surface area contributed by atoms with Gasteiger partial charge < -0.3 is 29.7 Å². The van der Waals surface area contributed by atoms with Gasteiger partial charge in [0.15, 0.2) is 17.3 Å². The van der Waals surface area contributed by atoms with Crippen LogP contribution in [0.25, 0.3) is 11.3 Å². The van der Waals surface area contributed by atoms with Crippen molar-refractivity contribution in [1.82, 2.24) is 4.98 Å². The van der Waals surface area contributed by atoms with Crippen LogP contribution in [0.3, 0.4) is 0 Å². The second-order valence-corrected chi connectivity index (χ2v) is 11.4. The van der Waals surface area contributed by atoms with Crippen molar-refractivity contribution in [2.75, 3.05) is 38.8 Å². The Balaban J connectivity index is 1.43. The number of ketones is 1. The van der Waals surface area contributed by atoms with Crippen molar-refractivity contribution in [3.63, 3.8) is 0 Å². The van der Waals surface area contributed by atoms with Crippen molar-refractivity contribution in [3.8, 4) is 28.5 Å². The predicted molar refractivity (Wildman–Crippen MR) is 166 cm³/mol. The van der Waals surface area contributed by atoms with Crippen molar-refractivity contribution in [3.05, 3.63) is 102 Å². The molecule has 3 aromatic carbocycles. The van der Waals surface area contributed by atoms with Gasteiger partial charge in [-0.25, -0.2) is 9.37 Å². The van der Waals surface area contributed by atoms with E-state index in [2.05, 4.69) is 12.2 Å². The molecule has 0 aliphatic carbocycles. The first-order valence-corrected chi connectivity index (χ1v) is 14.5. The summed E-state index contributed by atoms with van der Waals surface area (Å²) in [7, 11) is 1.48. The third-order valence-electron chi connectivity index (χ3n) is 7.96. The smallest absolute Gasteiger partial charge is 0.163 e. The van der Waals surface area contributed by atoms with Gasteiger partial charge in [0.05, 0.1) is 26.0 Å². The number of para-hydroxylation sites is 1. The van der Waals surface area contributed by atoms with E-state index in [1.54, 1.807) is 37.3 Å². The third-order valence-corrected chi connectivity index (χ3v) is 7.96. The van der Waals surface area contributed by atoms with E-state index in [9.17, 15) is 14.3 Å². The summed E-state index contributed by atoms with van der Waals surface area (Å²) in [6, 6.07) is 22.6. The van der Waals surface area contributed by atoms with Gasteiger partial charge in [0.2, 0.25) is 0 Å². The Morgan fingerprint density at radius 1 is 1.09 bits per heavy atom. The number of pyridine rings is 1. The number of rotatable bonds is 13. The number of carbonyl (C=O) groups excluding carboxylic acids is 1. The molecule has 2 heterocycles. The van der Waals surface area contributed by atoms with Gasteiger partial charge in [0.1, 0.15) is 29.5 Å². The topological polar surface area (TPSA) is 110 Å². The Morgan fingerprint density at radius 3 is 2.55 bits per heavy atom. The summed E-state index contributed by atoms with van der Waals surface area (Å²) in [4.78, 5) is 18.0. The fourth-order valence-electron chi connectivity index (χ4n) is 5.26. The average molecular weight is 601 g/mol. The first kappa shape index (κ1) is 31.0. The van der Waals surface area contributed by atoms with Crippen LogP contribution in [0.5, 0.6) is 17.2 Å². The Morgan fingerprint density at radius 2 is 1.84 bits per heavy atom. The minimum absolute atomic E-state index is 0.0426. The van der Waals surface area contributed by atoms with Gasteiger partial charge in [-0.3, -0.25) is 4.79 Å². The molecule has 1 aliphatic heterocycles. The molecule has 0 saturated heterocycles. The van der Waals surface area contributed by atoms with Crippen LogP contribution in [-0.2, 0) is 11.0 Å². The maximum Gasteiger partial charge on any atom is 0.163 e. The maximum absolute atomic E-state index is 13.8. The standard InChI is InChI=1S/C35H37FN2O6/c1-34(21-37-26-7-5-4-6-8-26)22-44-33-27(34)20-31(38-32(33)23-9-12-25(36)13-10-23)35(2,41)16-15-28(40)24-11-14-29(43-18-17-39)30(19-24)42-3/h4-14,19-20,37,39,41H,15-18,21-22H2,1-3H3/t34-,35-/m0/s1. The number of halogens is 1. The monoisotopic (exact) mass is 600 g/mol. The Bertz CT molecular complexity index is 1610. The van der Waals surface area contributed by atoms with Gasteiger partial charge in [-0.1, -0.05) is 25.1 Å². The van der Waals surface area contributed by atoms with Crippen molar-refractivity contribution < 1.29 is 33.6 Å². The number of hydrogen-bond acceptors (Lipinski definition) is 8. The first-order chi connectivity index (χ1) is 21.1. The fourth-order valence-corrected chi connectivity index (χ4v) is 5.26. The summed E-state index contributed by atoms with van der Waals surface area (Å²) in [6.07, 6.45) is 0.145. The molecule has 1 aromatic heterocycles. The number of aromatic nitrogens is 1. The van der Waals surface area contributed by atoms with E-state index >= 15 is 0 Å². The third kappa shape index (κ3) is 6.69. The van der Waals surface area contributed by atoms with E-state index < -0.39 is 11.0 Å². The van der Waals surface area contributed by atoms with Gasteiger partial charge in [-0.05, 0) is 74.0 Å². The number of fused-ring (bicyclic) bond motifs is 1. The highest BCUT2D eigenvalue weighted by Crippen LogP contribution is 2.46. The number of aliphatic hydroxyl groups excluding tert-OH is 1. The molecular formula is C35H37FN2O6. The van der Waals surface area contributed by atoms with Crippen molar-refractivity contribution in [1.29, 1.82) is 0 Å². The largest absolute Gasteiger partial charge is 0.493 e. The zero-order valence-electron chi connectivity index (χ0n) is 25.1. The molecule has 3 N–H and O–H groups in total. The fraction of sp³-hybridized carbons (Fsp3) is 0.314. The highest BCUT2D eigenvalue weighted by molar-refractivity contribution is 5.96. The lowest BCUT2D eigenvalue weighted by molar-refractivity contribution is 0.0396. The second kappa shape index (κ2) is 13.0. The summed E-state index contributed by atoms with van der Waals surface area (Å²) < 4.78 is 30.9. The van der Waals surface area contributed by atoms with Crippen LogP contribution in [0.1, 0.15) is 48.3 Å². The molecule has 44 heavy (non-hydrogen) atoms. The van der Waals surface area contributed by atoms with E-state index in [-0.39, 0.29) is 37.7 Å². The average Bonchev–Trinajstić information content (AvgIpc) is 3.38. The molecule has 0 saturated carbocycles. The highest BCUT2D eigenvalue weighted by Gasteiger charge is 2.41. The molecule has 230 valence electrons. The lowest BCUT2D eigenvalue weighted by Gasteiger charge is -2.27. The summed E-state index contributed by atoms with van der Waals surface area (Å²) in [6.45, 7) is 4.65. The van der Waals surface area contributed by atoms with Gasteiger partial charge in [0, 0.05) is 40.8 Å². The summed E-state index contributed by atoms with van der Waals surface area (Å²) in [5, 5.41) is 24.3. The van der Waals surface area contributed by atoms with Gasteiger partial charge in [-0.15, -0.1) is 0 Å². The molecule has 5 rings (SSSR count). The Hall–Kier alpha value is -4.47. The molecule has 0 bridgehead atoms. The van der Waals surface area contributed by atoms with Crippen LogP contribution in [0, 0.1) is 5.82 Å². The van der Waals surface area contributed by atoms with Crippen molar-refractivity contribution in [2.45, 2.75) is 37.7 Å². The lowest BCUT2D eigenvalue weighted by atomic mass is 9.81. The number of hydrogen-bond donors (Lipinski definition) is 3. The zero-order chi connectivity index (χ0) is 31.3. The minimum Gasteiger partial charge on any atom is -0.493 e. The number of anilines is 1. The molecule has 4 aromatic rings. The molecule has 0 radical (unpaired) electrons. The molecule has 0 unspecified atom stereocenters. The minimum atomic E-state index is -1.47. The maximum atomic E-state index is 13.8. The van der Waals surface area contributed by atoms with E-state index in [1.165, 1.54) is 19.2 Å². The number of aliphatic hydroxyl groups is 2. The number of ether oxygens (including phenoxy) is 3. The SMILES string of the molecule is COc1cc(C(=O)CC[C@](C)(O)c2cc3c(c(-c4ccc(F)cc4)n2)OC[C@]3(C)CNc2ccccc2)ccc1OCCO. The van der Waals surface area contributed by atoms with Crippen LogP contribution in [0.2, 0.25) is 0 Å². The number of nitrogens with one attached hydrogen (secondary N) is 1. The molecule has 1 aliphatic rings. The summed E-state index contributed by atoms with van der Waals surface area (Å²) >= 11 is 0. The molecule has 0 spiro atoms. The Labute approximate surface area is 256 Å². The quantitative estimate of drug-likeness (QED) is 0.163. The second-order valence-electron chi connectivity index (χ2n) is 11.4. The van der Waals surface area contributed by atoms with E-state index in [1.807, 2.05) is 36.4 Å². The first-order valence-electron chi connectivity index (χ1n) is 14.5. The molecule has 0 amide bonds. The Kier molecular flexibility index (Phi) is 9.17. The number of benzene rings is 3. The molecule has 2 atom stereocenters. The van der Waals surface area contributed by atoms with Gasteiger partial charge in [0.25, 0.3) is 0 Å². The van der Waals surface area contributed by atoms with Crippen molar-refractivity contribution in [2.24, 2.45) is 0 Å². The van der Waals surface area contributed by atoms with Crippen LogP contribution < -0.4 is 19.5 Å². The molecule has 0 fully saturated rings. The number of Topliss-reactive ketones (excluding diaryl/α,β-unsaturated/α-hetero) is 1. The predicted octanol–water partition coefficient (Wildman–Crippen LogP) is 5.90. The van der Waals surface area contributed by atoms with Crippen LogP contribution in [0.4, 0.5) is 10.1 Å². The van der Waals surface area contributed by atoms with E-state index in [0.717, 1.165) is 11.3 Å². The van der Waals surface area contributed by atoms with Crippen LogP contribution in [0.15, 0.2) is 78.9 Å². The van der Waals surface area contributed by atoms with Gasteiger partial charge in [-0.2, -0.15) is 0 Å². The van der Waals surface area contributed by atoms with Crippen molar-refractivity contribution >= 4 is 11.5 Å². The summed E-state index contributed by atoms with van der Waals surface area (Å²) in [5.41, 5.74) is 1.90. The van der Waals surface area contributed by atoms with Crippen LogP contribution in [-0.4, -0.2) is 54.5 Å². The summed E-state index contributed by atoms with van der Waals surface area (Å²) in [5.74, 6) is 0.851. The zero-order valence-corrected chi connectivity index (χ0v) is 25.1. The molecule has 9 heteroatoms. The molecule has 8 nitrogen and oxygen atoms in total. The van der Waals surface area contributed by atoms with Gasteiger partial charge >= 0.3 is 0 Å². The highest BCUT2D eigenvalue weighted by atomic mass is 19.1. The normalized spacial score (nSPS) is 16.9.